The Labute approximate surface area is 307 Å². The lowest BCUT2D eigenvalue weighted by Crippen LogP contribution is -1.97. The molecular formula is C50H34N2O. The summed E-state index contributed by atoms with van der Waals surface area (Å²) in [5.41, 5.74) is 15.1. The number of aromatic nitrogens is 1. The Bertz CT molecular complexity index is 2990. The van der Waals surface area contributed by atoms with Crippen molar-refractivity contribution in [1.82, 2.24) is 4.57 Å². The summed E-state index contributed by atoms with van der Waals surface area (Å²) in [5.74, 6) is 0. The van der Waals surface area contributed by atoms with Gasteiger partial charge in [-0.25, -0.2) is 0 Å². The highest BCUT2D eigenvalue weighted by Gasteiger charge is 2.16. The van der Waals surface area contributed by atoms with Gasteiger partial charge in [0.05, 0.1) is 11.0 Å². The number of para-hydroxylation sites is 1. The van der Waals surface area contributed by atoms with E-state index in [4.69, 9.17) is 4.42 Å². The highest BCUT2D eigenvalue weighted by Crippen LogP contribution is 2.38. The van der Waals surface area contributed by atoms with E-state index in [0.29, 0.717) is 0 Å². The predicted molar refractivity (Wildman–Crippen MR) is 223 cm³/mol. The van der Waals surface area contributed by atoms with Crippen molar-refractivity contribution in [3.63, 3.8) is 0 Å². The fraction of sp³-hybridized carbons (Fsp3) is 0. The van der Waals surface area contributed by atoms with Crippen molar-refractivity contribution in [3.8, 4) is 39.1 Å². The second-order valence-electron chi connectivity index (χ2n) is 13.6. The van der Waals surface area contributed by atoms with Gasteiger partial charge in [0.15, 0.2) is 0 Å². The van der Waals surface area contributed by atoms with Gasteiger partial charge >= 0.3 is 0 Å². The van der Waals surface area contributed by atoms with Gasteiger partial charge in [0.25, 0.3) is 0 Å². The Hall–Kier alpha value is -7.10. The molecule has 2 aromatic heterocycles. The molecule has 0 unspecified atom stereocenters. The summed E-state index contributed by atoms with van der Waals surface area (Å²) in [6, 6.07) is 66.5. The van der Waals surface area contributed by atoms with Gasteiger partial charge in [0.2, 0.25) is 0 Å². The van der Waals surface area contributed by atoms with E-state index in [1.165, 1.54) is 49.6 Å². The van der Waals surface area contributed by atoms with E-state index in [1.54, 1.807) is 0 Å². The van der Waals surface area contributed by atoms with E-state index in [9.17, 15) is 0 Å². The first kappa shape index (κ1) is 30.7. The fourth-order valence-corrected chi connectivity index (χ4v) is 7.69. The van der Waals surface area contributed by atoms with Crippen molar-refractivity contribution < 1.29 is 4.42 Å². The summed E-state index contributed by atoms with van der Waals surface area (Å²) in [4.78, 5) is 0. The third-order valence-corrected chi connectivity index (χ3v) is 10.3. The van der Waals surface area contributed by atoms with Crippen LogP contribution in [0, 0.1) is 0 Å². The van der Waals surface area contributed by atoms with Crippen LogP contribution in [-0.4, -0.2) is 4.57 Å². The van der Waals surface area contributed by atoms with Gasteiger partial charge in [0.1, 0.15) is 11.2 Å². The molecule has 0 spiro atoms. The number of rotatable bonds is 7. The fourth-order valence-electron chi connectivity index (χ4n) is 7.69. The number of fused-ring (bicyclic) bond motifs is 6. The third-order valence-electron chi connectivity index (χ3n) is 10.3. The number of anilines is 1. The van der Waals surface area contributed by atoms with E-state index >= 15 is 0 Å². The second-order valence-corrected chi connectivity index (χ2v) is 13.6. The van der Waals surface area contributed by atoms with Gasteiger partial charge in [-0.1, -0.05) is 128 Å². The van der Waals surface area contributed by atoms with E-state index < -0.39 is 0 Å². The van der Waals surface area contributed by atoms with Crippen LogP contribution in [0.2, 0.25) is 0 Å². The Morgan fingerprint density at radius 2 is 1.00 bits per heavy atom. The van der Waals surface area contributed by atoms with Crippen molar-refractivity contribution in [2.24, 2.45) is 0 Å². The average Bonchev–Trinajstić information content (AvgIpc) is 3.76. The highest BCUT2D eigenvalue weighted by molar-refractivity contribution is 6.12. The molecule has 0 amide bonds. The molecule has 53 heavy (non-hydrogen) atoms. The van der Waals surface area contributed by atoms with Crippen molar-refractivity contribution in [1.29, 1.82) is 0 Å². The minimum atomic E-state index is 0.832. The zero-order valence-electron chi connectivity index (χ0n) is 29.0. The van der Waals surface area contributed by atoms with Crippen LogP contribution in [0.1, 0.15) is 5.56 Å². The number of nitrogens with one attached hydrogen (secondary N) is 1. The van der Waals surface area contributed by atoms with Gasteiger partial charge in [-0.05, 0) is 106 Å². The quantitative estimate of drug-likeness (QED) is 0.182. The van der Waals surface area contributed by atoms with Crippen molar-refractivity contribution in [2.75, 3.05) is 5.32 Å². The lowest BCUT2D eigenvalue weighted by Gasteiger charge is -2.12. The first-order valence-electron chi connectivity index (χ1n) is 17.9. The molecule has 3 nitrogen and oxygen atoms in total. The van der Waals surface area contributed by atoms with Crippen LogP contribution < -0.4 is 5.32 Å². The van der Waals surface area contributed by atoms with Crippen molar-refractivity contribution in [3.05, 3.63) is 200 Å². The molecule has 8 aromatic carbocycles. The molecule has 250 valence electrons. The zero-order chi connectivity index (χ0) is 35.3. The highest BCUT2D eigenvalue weighted by atomic mass is 16.3. The number of hydrogen-bond acceptors (Lipinski definition) is 2. The minimum absolute atomic E-state index is 0.832. The molecule has 0 saturated heterocycles. The van der Waals surface area contributed by atoms with Crippen LogP contribution in [0.3, 0.4) is 0 Å². The SMILES string of the molecule is C=C(Nc1ccc2oc3ccc(-n4c5ccccc5c5cc(-c6ccccc6)ccc54)cc3c2c1)c1cccc(-c2cccc(-c3ccccc3)c2)c1. The first-order valence-corrected chi connectivity index (χ1v) is 17.9. The molecule has 1 N–H and O–H groups in total. The standard InChI is InChI=1S/C50H34N2O/c1-33(36-16-10-18-38(28-36)39-19-11-17-37(29-39)34-12-4-2-5-13-34)51-41-23-26-49-45(31-41)46-32-42(24-27-50(46)53-49)52-47-21-9-8-20-43(47)44-30-40(22-25-48(44)52)35-14-6-3-7-15-35/h2-32,51H,1H2. The van der Waals surface area contributed by atoms with E-state index in [2.05, 4.69) is 192 Å². The Morgan fingerprint density at radius 1 is 0.415 bits per heavy atom. The molecule has 0 aliphatic carbocycles. The molecule has 2 heterocycles. The first-order chi connectivity index (χ1) is 26.2. The van der Waals surface area contributed by atoms with E-state index in [1.807, 2.05) is 12.1 Å². The maximum Gasteiger partial charge on any atom is 0.135 e. The normalized spacial score (nSPS) is 11.5. The molecule has 0 radical (unpaired) electrons. The molecule has 3 heteroatoms. The van der Waals surface area contributed by atoms with Crippen LogP contribution in [0.4, 0.5) is 5.69 Å². The molecular weight excluding hydrogens is 645 g/mol. The van der Waals surface area contributed by atoms with Gasteiger partial charge in [0, 0.05) is 38.6 Å². The van der Waals surface area contributed by atoms with Crippen molar-refractivity contribution >= 4 is 55.1 Å². The minimum Gasteiger partial charge on any atom is -0.456 e. The Balaban J connectivity index is 0.993. The number of furan rings is 1. The molecule has 0 atom stereocenters. The summed E-state index contributed by atoms with van der Waals surface area (Å²) in [5, 5.41) is 8.18. The van der Waals surface area contributed by atoms with Crippen LogP contribution >= 0.6 is 0 Å². The monoisotopic (exact) mass is 678 g/mol. The Morgan fingerprint density at radius 3 is 1.77 bits per heavy atom. The molecule has 0 aliphatic heterocycles. The molecule has 0 aliphatic rings. The lowest BCUT2D eigenvalue weighted by molar-refractivity contribution is 0.669. The summed E-state index contributed by atoms with van der Waals surface area (Å²) in [7, 11) is 0. The molecule has 0 bridgehead atoms. The van der Waals surface area contributed by atoms with E-state index in [0.717, 1.165) is 50.1 Å². The van der Waals surface area contributed by atoms with Gasteiger partial charge in [-0.15, -0.1) is 0 Å². The lowest BCUT2D eigenvalue weighted by atomic mass is 9.97. The third kappa shape index (κ3) is 5.47. The number of hydrogen-bond donors (Lipinski definition) is 1. The summed E-state index contributed by atoms with van der Waals surface area (Å²) >= 11 is 0. The smallest absolute Gasteiger partial charge is 0.135 e. The van der Waals surface area contributed by atoms with Gasteiger partial charge in [-0.3, -0.25) is 0 Å². The van der Waals surface area contributed by atoms with Crippen LogP contribution in [-0.2, 0) is 0 Å². The van der Waals surface area contributed by atoms with Crippen LogP contribution in [0.25, 0.3) is 88.5 Å². The largest absolute Gasteiger partial charge is 0.456 e. The summed E-state index contributed by atoms with van der Waals surface area (Å²) in [6.07, 6.45) is 0. The van der Waals surface area contributed by atoms with Crippen LogP contribution in [0.15, 0.2) is 199 Å². The summed E-state index contributed by atoms with van der Waals surface area (Å²) in [6.45, 7) is 4.44. The molecule has 0 fully saturated rings. The molecule has 10 rings (SSSR count). The summed E-state index contributed by atoms with van der Waals surface area (Å²) < 4.78 is 8.72. The molecule has 10 aromatic rings. The van der Waals surface area contributed by atoms with E-state index in [-0.39, 0.29) is 0 Å². The maximum atomic E-state index is 6.36. The molecule has 0 saturated carbocycles. The number of benzene rings is 8. The van der Waals surface area contributed by atoms with Gasteiger partial charge < -0.3 is 14.3 Å². The average molecular weight is 679 g/mol. The zero-order valence-corrected chi connectivity index (χ0v) is 29.0. The predicted octanol–water partition coefficient (Wildman–Crippen LogP) is 13.8. The topological polar surface area (TPSA) is 30.1 Å². The maximum absolute atomic E-state index is 6.36. The Kier molecular flexibility index (Phi) is 7.29. The second kappa shape index (κ2) is 12.6. The van der Waals surface area contributed by atoms with Crippen molar-refractivity contribution in [2.45, 2.75) is 0 Å². The van der Waals surface area contributed by atoms with Crippen LogP contribution in [0.5, 0.6) is 0 Å². The number of nitrogens with zero attached hydrogens (tertiary/aromatic N) is 1. The van der Waals surface area contributed by atoms with Gasteiger partial charge in [-0.2, -0.15) is 0 Å².